The molecule has 0 aromatic carbocycles. The van der Waals surface area contributed by atoms with Gasteiger partial charge in [0.1, 0.15) is 5.60 Å². The Morgan fingerprint density at radius 1 is 1.39 bits per heavy atom. The molecule has 1 saturated heterocycles. The van der Waals surface area contributed by atoms with Crippen LogP contribution < -0.4 is 0 Å². The zero-order valence-corrected chi connectivity index (χ0v) is 10.7. The molecule has 1 fully saturated rings. The summed E-state index contributed by atoms with van der Waals surface area (Å²) in [5, 5.41) is 28.3. The molecule has 1 rings (SSSR count). The zero-order chi connectivity index (χ0) is 14.1. The fourth-order valence-corrected chi connectivity index (χ4v) is 1.68. The largest absolute Gasteiger partial charge is 0.479 e. The molecule has 0 bridgehead atoms. The number of hydrogen-bond donors (Lipinski definition) is 3. The number of aliphatic carboxylic acids is 1. The SMILES string of the molecule is CC(C)(C)OC(=O)N1CC[C@@H](O)[C@](O)(C(=O)O)C1. The molecule has 2 atom stereocenters. The number of aliphatic hydroxyl groups excluding tert-OH is 1. The average molecular weight is 261 g/mol. The van der Waals surface area contributed by atoms with Gasteiger partial charge in [0.05, 0.1) is 12.6 Å². The molecule has 0 saturated carbocycles. The molecule has 0 unspecified atom stereocenters. The monoisotopic (exact) mass is 261 g/mol. The van der Waals surface area contributed by atoms with E-state index in [1.807, 2.05) is 0 Å². The molecule has 1 aliphatic rings. The van der Waals surface area contributed by atoms with Crippen molar-refractivity contribution in [2.75, 3.05) is 13.1 Å². The molecule has 0 spiro atoms. The van der Waals surface area contributed by atoms with Crippen molar-refractivity contribution in [2.45, 2.75) is 44.5 Å². The number of hydrogen-bond acceptors (Lipinski definition) is 5. The van der Waals surface area contributed by atoms with E-state index in [2.05, 4.69) is 0 Å². The highest BCUT2D eigenvalue weighted by Crippen LogP contribution is 2.23. The van der Waals surface area contributed by atoms with E-state index in [0.717, 1.165) is 4.90 Å². The van der Waals surface area contributed by atoms with Crippen molar-refractivity contribution in [1.82, 2.24) is 4.90 Å². The smallest absolute Gasteiger partial charge is 0.410 e. The maximum Gasteiger partial charge on any atom is 0.410 e. The van der Waals surface area contributed by atoms with E-state index < -0.39 is 35.9 Å². The standard InChI is InChI=1S/C11H19NO6/c1-10(2,3)18-9(16)12-5-4-7(13)11(17,6-12)8(14)15/h7,13,17H,4-6H2,1-3H3,(H,14,15)/t7-,11+/m1/s1. The number of carbonyl (C=O) groups excluding carboxylic acids is 1. The highest BCUT2D eigenvalue weighted by molar-refractivity contribution is 5.80. The highest BCUT2D eigenvalue weighted by atomic mass is 16.6. The first-order chi connectivity index (χ1) is 8.06. The second-order valence-electron chi connectivity index (χ2n) is 5.44. The molecular weight excluding hydrogens is 242 g/mol. The van der Waals surface area contributed by atoms with Gasteiger partial charge in [0.2, 0.25) is 5.60 Å². The van der Waals surface area contributed by atoms with Gasteiger partial charge in [-0.3, -0.25) is 0 Å². The maximum atomic E-state index is 11.7. The molecule has 0 aromatic heterocycles. The number of rotatable bonds is 1. The van der Waals surface area contributed by atoms with Crippen molar-refractivity contribution in [2.24, 2.45) is 0 Å². The summed E-state index contributed by atoms with van der Waals surface area (Å²) in [5.41, 5.74) is -3.04. The molecule has 7 nitrogen and oxygen atoms in total. The number of aliphatic hydroxyl groups is 2. The quantitative estimate of drug-likeness (QED) is 0.603. The van der Waals surface area contributed by atoms with Crippen molar-refractivity contribution in [1.29, 1.82) is 0 Å². The number of carboxylic acids is 1. The van der Waals surface area contributed by atoms with Gasteiger partial charge in [-0.1, -0.05) is 0 Å². The van der Waals surface area contributed by atoms with Gasteiger partial charge in [-0.2, -0.15) is 0 Å². The topological polar surface area (TPSA) is 107 Å². The minimum Gasteiger partial charge on any atom is -0.479 e. The Hall–Kier alpha value is -1.34. The summed E-state index contributed by atoms with van der Waals surface area (Å²) in [5.74, 6) is -1.55. The first-order valence-corrected chi connectivity index (χ1v) is 5.68. The van der Waals surface area contributed by atoms with Crippen LogP contribution in [0.4, 0.5) is 4.79 Å². The Balaban J connectivity index is 2.77. The second-order valence-corrected chi connectivity index (χ2v) is 5.44. The van der Waals surface area contributed by atoms with Gasteiger partial charge in [0.25, 0.3) is 0 Å². The van der Waals surface area contributed by atoms with E-state index in [9.17, 15) is 19.8 Å². The minimum atomic E-state index is -2.34. The molecule has 104 valence electrons. The van der Waals surface area contributed by atoms with Gasteiger partial charge in [-0.05, 0) is 27.2 Å². The number of likely N-dealkylation sites (tertiary alicyclic amines) is 1. The number of carbonyl (C=O) groups is 2. The van der Waals surface area contributed by atoms with Crippen LogP contribution in [0.25, 0.3) is 0 Å². The number of β-amino-alcohol motifs (C(OH)–C–C–N with tert-alkyl or cyclic N) is 1. The number of carboxylic acid groups (broad SMARTS) is 1. The molecule has 0 radical (unpaired) electrons. The van der Waals surface area contributed by atoms with E-state index in [1.165, 1.54) is 0 Å². The van der Waals surface area contributed by atoms with Crippen LogP contribution in [0.2, 0.25) is 0 Å². The summed E-state index contributed by atoms with van der Waals surface area (Å²) in [7, 11) is 0. The Morgan fingerprint density at radius 3 is 2.39 bits per heavy atom. The number of piperidine rings is 1. The van der Waals surface area contributed by atoms with Crippen molar-refractivity contribution >= 4 is 12.1 Å². The summed E-state index contributed by atoms with van der Waals surface area (Å²) in [6.07, 6.45) is -2.11. The van der Waals surface area contributed by atoms with Crippen LogP contribution in [0, 0.1) is 0 Å². The number of amides is 1. The van der Waals surface area contributed by atoms with Crippen LogP contribution in [0.3, 0.4) is 0 Å². The summed E-state index contributed by atoms with van der Waals surface area (Å²) in [6.45, 7) is 4.72. The lowest BCUT2D eigenvalue weighted by Crippen LogP contribution is -2.62. The molecule has 1 heterocycles. The van der Waals surface area contributed by atoms with E-state index in [0.29, 0.717) is 0 Å². The third-order valence-corrected chi connectivity index (χ3v) is 2.68. The Kier molecular flexibility index (Phi) is 3.87. The molecule has 3 N–H and O–H groups in total. The lowest BCUT2D eigenvalue weighted by Gasteiger charge is -2.39. The summed E-state index contributed by atoms with van der Waals surface area (Å²) < 4.78 is 5.09. The average Bonchev–Trinajstić information content (AvgIpc) is 2.19. The molecule has 0 aliphatic carbocycles. The predicted octanol–water partition coefficient (Wildman–Crippen LogP) is -0.196. The van der Waals surface area contributed by atoms with Gasteiger partial charge in [0, 0.05) is 6.54 Å². The lowest BCUT2D eigenvalue weighted by atomic mass is 9.90. The molecule has 1 amide bonds. The summed E-state index contributed by atoms with van der Waals surface area (Å²) in [4.78, 5) is 23.8. The van der Waals surface area contributed by atoms with Gasteiger partial charge in [-0.15, -0.1) is 0 Å². The summed E-state index contributed by atoms with van der Waals surface area (Å²) in [6, 6.07) is 0. The first kappa shape index (κ1) is 14.7. The lowest BCUT2D eigenvalue weighted by molar-refractivity contribution is -0.180. The molecule has 1 aliphatic heterocycles. The van der Waals surface area contributed by atoms with Gasteiger partial charge < -0.3 is 25.0 Å². The van der Waals surface area contributed by atoms with Gasteiger partial charge in [0.15, 0.2) is 0 Å². The van der Waals surface area contributed by atoms with Gasteiger partial charge >= 0.3 is 12.1 Å². The normalized spacial score (nSPS) is 28.9. The van der Waals surface area contributed by atoms with E-state index >= 15 is 0 Å². The van der Waals surface area contributed by atoms with Crippen molar-refractivity contribution < 1.29 is 29.6 Å². The molecule has 0 aromatic rings. The van der Waals surface area contributed by atoms with Crippen molar-refractivity contribution in [3.63, 3.8) is 0 Å². The third-order valence-electron chi connectivity index (χ3n) is 2.68. The number of nitrogens with zero attached hydrogens (tertiary/aromatic N) is 1. The highest BCUT2D eigenvalue weighted by Gasteiger charge is 2.49. The van der Waals surface area contributed by atoms with Crippen LogP contribution in [0.15, 0.2) is 0 Å². The van der Waals surface area contributed by atoms with Crippen LogP contribution in [0.5, 0.6) is 0 Å². The fraction of sp³-hybridized carbons (Fsp3) is 0.818. The van der Waals surface area contributed by atoms with Crippen LogP contribution in [-0.4, -0.2) is 62.7 Å². The second kappa shape index (κ2) is 4.74. The van der Waals surface area contributed by atoms with Crippen LogP contribution >= 0.6 is 0 Å². The van der Waals surface area contributed by atoms with Crippen LogP contribution in [0.1, 0.15) is 27.2 Å². The minimum absolute atomic E-state index is 0.0119. The van der Waals surface area contributed by atoms with E-state index in [1.54, 1.807) is 20.8 Å². The van der Waals surface area contributed by atoms with Crippen LogP contribution in [-0.2, 0) is 9.53 Å². The Morgan fingerprint density at radius 2 is 1.94 bits per heavy atom. The molecular formula is C11H19NO6. The Labute approximate surface area is 105 Å². The molecule has 7 heteroatoms. The molecule has 18 heavy (non-hydrogen) atoms. The summed E-state index contributed by atoms with van der Waals surface area (Å²) >= 11 is 0. The van der Waals surface area contributed by atoms with Crippen molar-refractivity contribution in [3.05, 3.63) is 0 Å². The fourth-order valence-electron chi connectivity index (χ4n) is 1.68. The Bertz CT molecular complexity index is 350. The number of ether oxygens (including phenoxy) is 1. The first-order valence-electron chi connectivity index (χ1n) is 5.68. The zero-order valence-electron chi connectivity index (χ0n) is 10.7. The maximum absolute atomic E-state index is 11.7. The predicted molar refractivity (Wildman–Crippen MR) is 61.0 cm³/mol. The van der Waals surface area contributed by atoms with Crippen molar-refractivity contribution in [3.8, 4) is 0 Å². The van der Waals surface area contributed by atoms with Gasteiger partial charge in [-0.25, -0.2) is 9.59 Å². The third kappa shape index (κ3) is 3.11. The van der Waals surface area contributed by atoms with E-state index in [4.69, 9.17) is 9.84 Å². The van der Waals surface area contributed by atoms with E-state index in [-0.39, 0.29) is 13.0 Å².